The molecule has 0 heterocycles. The molecule has 0 aliphatic carbocycles. The van der Waals surface area contributed by atoms with Gasteiger partial charge in [-0.25, -0.2) is 19.2 Å². The standard InChI is InChI=1S/C46H78O8/c1-36(2)28-22-16-10-7-13-19-25-31-52-44(49)40-35-42(46(51)54-33-27-21-15-9-12-18-24-30-38(5)6)41(34-39(40)43(47)48)45(50)53-32-26-20-14-8-11-17-23-29-37(3)4/h34-38H,7-33H2,1-6H3,(H,47,48). The predicted octanol–water partition coefficient (Wildman–Crippen LogP) is 13.2. The fraction of sp³-hybridized carbons (Fsp3) is 0.783. The number of carbonyl (C=O) groups excluding carboxylic acids is 3. The monoisotopic (exact) mass is 759 g/mol. The summed E-state index contributed by atoms with van der Waals surface area (Å²) in [6, 6.07) is 2.20. The lowest BCUT2D eigenvalue weighted by atomic mass is 9.98. The quantitative estimate of drug-likeness (QED) is 0.0419. The smallest absolute Gasteiger partial charge is 0.339 e. The maximum atomic E-state index is 13.4. The summed E-state index contributed by atoms with van der Waals surface area (Å²) in [7, 11) is 0. The summed E-state index contributed by atoms with van der Waals surface area (Å²) in [5, 5.41) is 10.0. The normalized spacial score (nSPS) is 11.4. The van der Waals surface area contributed by atoms with Gasteiger partial charge in [-0.1, -0.05) is 176 Å². The van der Waals surface area contributed by atoms with Crippen molar-refractivity contribution < 1.29 is 38.5 Å². The molecule has 0 aliphatic rings. The van der Waals surface area contributed by atoms with Crippen molar-refractivity contribution >= 4 is 23.9 Å². The van der Waals surface area contributed by atoms with Gasteiger partial charge in [-0.3, -0.25) is 0 Å². The second kappa shape index (κ2) is 31.3. The molecule has 1 rings (SSSR count). The Balaban J connectivity index is 2.81. The van der Waals surface area contributed by atoms with Crippen molar-refractivity contribution in [2.24, 2.45) is 17.8 Å². The molecule has 0 radical (unpaired) electrons. The van der Waals surface area contributed by atoms with E-state index in [-0.39, 0.29) is 36.5 Å². The molecule has 0 saturated heterocycles. The van der Waals surface area contributed by atoms with Crippen LogP contribution in [0.15, 0.2) is 12.1 Å². The molecule has 0 aromatic heterocycles. The third-order valence-electron chi connectivity index (χ3n) is 10.0. The van der Waals surface area contributed by atoms with Gasteiger partial charge in [0.15, 0.2) is 0 Å². The average molecular weight is 759 g/mol. The first-order chi connectivity index (χ1) is 25.9. The highest BCUT2D eigenvalue weighted by molar-refractivity contribution is 6.10. The molecule has 0 atom stereocenters. The predicted molar refractivity (Wildman–Crippen MR) is 220 cm³/mol. The second-order valence-electron chi connectivity index (χ2n) is 16.6. The van der Waals surface area contributed by atoms with E-state index in [4.69, 9.17) is 14.2 Å². The van der Waals surface area contributed by atoms with Crippen LogP contribution in [0.2, 0.25) is 0 Å². The Morgan fingerprint density at radius 1 is 0.389 bits per heavy atom. The van der Waals surface area contributed by atoms with Crippen molar-refractivity contribution in [1.82, 2.24) is 0 Å². The van der Waals surface area contributed by atoms with Crippen molar-refractivity contribution in [3.8, 4) is 0 Å². The fourth-order valence-corrected chi connectivity index (χ4v) is 6.63. The number of carbonyl (C=O) groups is 4. The Kier molecular flexibility index (Phi) is 28.5. The van der Waals surface area contributed by atoms with Crippen LogP contribution in [0.5, 0.6) is 0 Å². The van der Waals surface area contributed by atoms with Gasteiger partial charge in [-0.2, -0.15) is 0 Å². The molecule has 1 aromatic carbocycles. The molecule has 0 fully saturated rings. The van der Waals surface area contributed by atoms with E-state index in [2.05, 4.69) is 41.5 Å². The van der Waals surface area contributed by atoms with E-state index in [0.717, 1.165) is 87.7 Å². The van der Waals surface area contributed by atoms with Crippen molar-refractivity contribution in [1.29, 1.82) is 0 Å². The Morgan fingerprint density at radius 3 is 0.870 bits per heavy atom. The molecule has 0 saturated carbocycles. The van der Waals surface area contributed by atoms with Crippen LogP contribution in [0.25, 0.3) is 0 Å². The summed E-state index contributed by atoms with van der Waals surface area (Å²) in [6.45, 7) is 13.9. The van der Waals surface area contributed by atoms with Crippen molar-refractivity contribution in [2.45, 2.75) is 196 Å². The minimum Gasteiger partial charge on any atom is -0.478 e. The number of aromatic carboxylic acids is 1. The first-order valence-electron chi connectivity index (χ1n) is 21.9. The van der Waals surface area contributed by atoms with E-state index < -0.39 is 29.4 Å². The minimum atomic E-state index is -1.40. The zero-order valence-corrected chi connectivity index (χ0v) is 35.3. The number of hydrogen-bond donors (Lipinski definition) is 1. The largest absolute Gasteiger partial charge is 0.478 e. The Morgan fingerprint density at radius 2 is 0.611 bits per heavy atom. The molecule has 0 spiro atoms. The number of esters is 3. The van der Waals surface area contributed by atoms with Crippen molar-refractivity contribution in [3.05, 3.63) is 34.4 Å². The zero-order valence-electron chi connectivity index (χ0n) is 35.3. The van der Waals surface area contributed by atoms with Crippen LogP contribution in [-0.2, 0) is 14.2 Å². The molecule has 8 nitrogen and oxygen atoms in total. The van der Waals surface area contributed by atoms with Crippen LogP contribution in [0.1, 0.15) is 237 Å². The van der Waals surface area contributed by atoms with E-state index >= 15 is 0 Å². The number of ether oxygens (including phenoxy) is 3. The van der Waals surface area contributed by atoms with Gasteiger partial charge < -0.3 is 19.3 Å². The molecule has 310 valence electrons. The van der Waals surface area contributed by atoms with E-state index in [1.54, 1.807) is 0 Å². The highest BCUT2D eigenvalue weighted by Gasteiger charge is 2.28. The summed E-state index contributed by atoms with van der Waals surface area (Å²) < 4.78 is 16.6. The van der Waals surface area contributed by atoms with Crippen LogP contribution >= 0.6 is 0 Å². The third kappa shape index (κ3) is 24.5. The second-order valence-corrected chi connectivity index (χ2v) is 16.6. The van der Waals surface area contributed by atoms with Crippen molar-refractivity contribution in [3.63, 3.8) is 0 Å². The van der Waals surface area contributed by atoms with Crippen LogP contribution in [0.4, 0.5) is 0 Å². The Hall–Kier alpha value is -2.90. The molecular formula is C46H78O8. The number of hydrogen-bond acceptors (Lipinski definition) is 7. The lowest BCUT2D eigenvalue weighted by Crippen LogP contribution is -2.20. The van der Waals surface area contributed by atoms with Gasteiger partial charge in [0.05, 0.1) is 42.1 Å². The first kappa shape index (κ1) is 49.1. The van der Waals surface area contributed by atoms with E-state index in [9.17, 15) is 24.3 Å². The molecule has 0 aliphatic heterocycles. The first-order valence-corrected chi connectivity index (χ1v) is 21.9. The van der Waals surface area contributed by atoms with Gasteiger partial charge in [0.25, 0.3) is 0 Å². The van der Waals surface area contributed by atoms with Gasteiger partial charge in [-0.05, 0) is 49.1 Å². The summed E-state index contributed by atoms with van der Waals surface area (Å²) in [5.74, 6) is -1.62. The number of rotatable bonds is 34. The molecule has 1 N–H and O–H groups in total. The number of carboxylic acid groups (broad SMARTS) is 1. The van der Waals surface area contributed by atoms with Crippen molar-refractivity contribution in [2.75, 3.05) is 19.8 Å². The van der Waals surface area contributed by atoms with Gasteiger partial charge in [-0.15, -0.1) is 0 Å². The zero-order chi connectivity index (χ0) is 40.0. The van der Waals surface area contributed by atoms with E-state index in [1.165, 1.54) is 77.0 Å². The fourth-order valence-electron chi connectivity index (χ4n) is 6.63. The van der Waals surface area contributed by atoms with Crippen LogP contribution in [0.3, 0.4) is 0 Å². The lowest BCUT2D eigenvalue weighted by Gasteiger charge is -2.14. The number of carboxylic acids is 1. The SMILES string of the molecule is CC(C)CCCCCCCCCOC(=O)c1cc(C(=O)OCCCCCCCCCC(C)C)c(C(=O)OCCCCCCCCCC(C)C)cc1C(=O)O. The molecule has 0 bridgehead atoms. The lowest BCUT2D eigenvalue weighted by molar-refractivity contribution is 0.0446. The molecule has 0 unspecified atom stereocenters. The molecular weight excluding hydrogens is 680 g/mol. The number of unbranched alkanes of at least 4 members (excludes halogenated alkanes) is 18. The minimum absolute atomic E-state index is 0.143. The van der Waals surface area contributed by atoms with Gasteiger partial charge in [0.2, 0.25) is 0 Å². The summed E-state index contributed by atoms with van der Waals surface area (Å²) >= 11 is 0. The topological polar surface area (TPSA) is 116 Å². The van der Waals surface area contributed by atoms with Crippen LogP contribution < -0.4 is 0 Å². The Bertz CT molecular complexity index is 1170. The Labute approximate surface area is 329 Å². The maximum absolute atomic E-state index is 13.4. The summed E-state index contributed by atoms with van der Waals surface area (Å²) in [6.07, 6.45) is 26.1. The summed E-state index contributed by atoms with van der Waals surface area (Å²) in [4.78, 5) is 52.2. The van der Waals surface area contributed by atoms with Gasteiger partial charge in [0, 0.05) is 0 Å². The number of benzene rings is 1. The van der Waals surface area contributed by atoms with Gasteiger partial charge >= 0.3 is 23.9 Å². The highest BCUT2D eigenvalue weighted by Crippen LogP contribution is 2.23. The third-order valence-corrected chi connectivity index (χ3v) is 10.0. The van der Waals surface area contributed by atoms with E-state index in [0.29, 0.717) is 19.3 Å². The molecule has 54 heavy (non-hydrogen) atoms. The maximum Gasteiger partial charge on any atom is 0.339 e. The molecule has 0 amide bonds. The van der Waals surface area contributed by atoms with Crippen LogP contribution in [-0.4, -0.2) is 48.8 Å². The summed E-state index contributed by atoms with van der Waals surface area (Å²) in [5.41, 5.74) is -1.08. The van der Waals surface area contributed by atoms with Gasteiger partial charge in [0.1, 0.15) is 0 Å². The van der Waals surface area contributed by atoms with Crippen LogP contribution in [0, 0.1) is 17.8 Å². The highest BCUT2D eigenvalue weighted by atomic mass is 16.5. The molecule has 8 heteroatoms. The average Bonchev–Trinajstić information content (AvgIpc) is 3.12. The molecule has 1 aromatic rings. The van der Waals surface area contributed by atoms with E-state index in [1.807, 2.05) is 0 Å².